The number of aryl methyl sites for hydroxylation is 3. The summed E-state index contributed by atoms with van der Waals surface area (Å²) in [7, 11) is -0.487. The minimum Gasteiger partial charge on any atom is -0.406 e. The normalized spacial score (nSPS) is 13.9. The molecule has 0 amide bonds. The highest BCUT2D eigenvalue weighted by Crippen LogP contribution is 2.30. The molecule has 0 fully saturated rings. The second-order valence-electron chi connectivity index (χ2n) is 7.20. The first-order valence-corrected chi connectivity index (χ1v) is 13.3. The standard InChI is InChI=1S/C20H26BrOPSi/c1-14-12-15(2)19(16(3)13-14)23-20(21)18(22-24(4,5)6)17-10-8-7-9-11-17/h7-13,18H,1-6H3. The molecule has 128 valence electrons. The van der Waals surface area contributed by atoms with Gasteiger partial charge in [-0.05, 0) is 73.0 Å². The molecule has 0 heterocycles. The van der Waals surface area contributed by atoms with Crippen LogP contribution in [-0.4, -0.2) is 12.5 Å². The highest BCUT2D eigenvalue weighted by Gasteiger charge is 2.25. The summed E-state index contributed by atoms with van der Waals surface area (Å²) in [4.78, 5) is 0. The molecule has 2 aromatic carbocycles. The lowest BCUT2D eigenvalue weighted by atomic mass is 10.1. The third kappa shape index (κ3) is 5.39. The van der Waals surface area contributed by atoms with E-state index in [0.717, 1.165) is 0 Å². The lowest BCUT2D eigenvalue weighted by Gasteiger charge is -2.26. The molecule has 0 aliphatic heterocycles. The van der Waals surface area contributed by atoms with E-state index in [1.54, 1.807) is 0 Å². The quantitative estimate of drug-likeness (QED) is 0.407. The Hall–Kier alpha value is -0.733. The Kier molecular flexibility index (Phi) is 6.61. The molecule has 1 atom stereocenters. The number of hydrogen-bond donors (Lipinski definition) is 0. The molecule has 0 bridgehead atoms. The van der Waals surface area contributed by atoms with Crippen molar-refractivity contribution in [2.24, 2.45) is 0 Å². The van der Waals surface area contributed by atoms with Crippen LogP contribution in [0.1, 0.15) is 28.4 Å². The molecular weight excluding hydrogens is 395 g/mol. The number of benzene rings is 2. The van der Waals surface area contributed by atoms with Crippen molar-refractivity contribution in [1.29, 1.82) is 0 Å². The van der Waals surface area contributed by atoms with Crippen LogP contribution in [0.4, 0.5) is 0 Å². The van der Waals surface area contributed by atoms with Gasteiger partial charge in [0.2, 0.25) is 0 Å². The first kappa shape index (κ1) is 19.6. The zero-order valence-electron chi connectivity index (χ0n) is 15.4. The van der Waals surface area contributed by atoms with Crippen molar-refractivity contribution < 1.29 is 4.43 Å². The van der Waals surface area contributed by atoms with E-state index in [-0.39, 0.29) is 6.10 Å². The predicted octanol–water partition coefficient (Wildman–Crippen LogP) is 6.30. The molecule has 0 saturated carbocycles. The highest BCUT2D eigenvalue weighted by atomic mass is 79.9. The topological polar surface area (TPSA) is 9.23 Å². The summed E-state index contributed by atoms with van der Waals surface area (Å²) in [5, 5.41) is 1.37. The number of halogens is 1. The lowest BCUT2D eigenvalue weighted by Crippen LogP contribution is -2.30. The summed E-state index contributed by atoms with van der Waals surface area (Å²) < 4.78 is 7.68. The van der Waals surface area contributed by atoms with Gasteiger partial charge in [0, 0.05) is 5.30 Å². The van der Waals surface area contributed by atoms with E-state index in [4.69, 9.17) is 4.43 Å². The number of rotatable bonds is 5. The number of hydrogen-bond acceptors (Lipinski definition) is 1. The molecule has 0 aliphatic rings. The van der Waals surface area contributed by atoms with E-state index in [2.05, 4.69) is 98.8 Å². The van der Waals surface area contributed by atoms with Gasteiger partial charge >= 0.3 is 0 Å². The van der Waals surface area contributed by atoms with Gasteiger partial charge in [0.1, 0.15) is 6.10 Å². The Labute approximate surface area is 157 Å². The third-order valence-electron chi connectivity index (χ3n) is 3.64. The van der Waals surface area contributed by atoms with Crippen molar-refractivity contribution in [2.75, 3.05) is 0 Å². The average molecular weight is 421 g/mol. The Morgan fingerprint density at radius 3 is 2.04 bits per heavy atom. The van der Waals surface area contributed by atoms with E-state index >= 15 is 0 Å². The summed E-state index contributed by atoms with van der Waals surface area (Å²) >= 11 is 3.86. The second kappa shape index (κ2) is 8.10. The van der Waals surface area contributed by atoms with Crippen molar-refractivity contribution in [3.8, 4) is 0 Å². The van der Waals surface area contributed by atoms with Gasteiger partial charge < -0.3 is 4.43 Å². The predicted molar refractivity (Wildman–Crippen MR) is 115 cm³/mol. The van der Waals surface area contributed by atoms with Crippen LogP contribution in [0.5, 0.6) is 0 Å². The van der Waals surface area contributed by atoms with Gasteiger partial charge in [-0.2, -0.15) is 0 Å². The van der Waals surface area contributed by atoms with Gasteiger partial charge in [0.05, 0.1) is 4.20 Å². The zero-order valence-corrected chi connectivity index (χ0v) is 18.8. The van der Waals surface area contributed by atoms with Gasteiger partial charge in [0.15, 0.2) is 8.32 Å². The van der Waals surface area contributed by atoms with E-state index in [1.165, 1.54) is 40.0 Å². The van der Waals surface area contributed by atoms with E-state index in [1.807, 2.05) is 0 Å². The summed E-state index contributed by atoms with van der Waals surface area (Å²) in [6, 6.07) is 15.0. The van der Waals surface area contributed by atoms with Crippen molar-refractivity contribution >= 4 is 42.0 Å². The van der Waals surface area contributed by atoms with Crippen LogP contribution in [0.15, 0.2) is 42.5 Å². The highest BCUT2D eigenvalue weighted by molar-refractivity contribution is 9.19. The molecule has 1 unspecified atom stereocenters. The van der Waals surface area contributed by atoms with Gasteiger partial charge in [-0.3, -0.25) is 0 Å². The van der Waals surface area contributed by atoms with Crippen molar-refractivity contribution in [3.63, 3.8) is 0 Å². The molecule has 0 N–H and O–H groups in total. The smallest absolute Gasteiger partial charge is 0.185 e. The zero-order chi connectivity index (χ0) is 17.9. The fourth-order valence-corrected chi connectivity index (χ4v) is 5.89. The fourth-order valence-electron chi connectivity index (χ4n) is 2.75. The minimum atomic E-state index is -1.67. The first-order chi connectivity index (χ1) is 11.2. The van der Waals surface area contributed by atoms with Crippen molar-refractivity contribution in [1.82, 2.24) is 0 Å². The average Bonchev–Trinajstić information content (AvgIpc) is 2.48. The summed E-state index contributed by atoms with van der Waals surface area (Å²) in [6.07, 6.45) is -0.0142. The maximum absolute atomic E-state index is 6.51. The van der Waals surface area contributed by atoms with E-state index in [0.29, 0.717) is 0 Å². The Morgan fingerprint density at radius 2 is 1.54 bits per heavy atom. The summed E-state index contributed by atoms with van der Waals surface area (Å²) in [5.41, 5.74) is 5.21. The van der Waals surface area contributed by atoms with Crippen LogP contribution in [-0.2, 0) is 4.43 Å². The lowest BCUT2D eigenvalue weighted by molar-refractivity contribution is 0.272. The summed E-state index contributed by atoms with van der Waals surface area (Å²) in [5.74, 6) is 0. The van der Waals surface area contributed by atoms with Crippen LogP contribution in [0, 0.1) is 20.8 Å². The molecular formula is C20H26BrOPSi. The minimum absolute atomic E-state index is 0.0142. The Balaban J connectivity index is 2.46. The van der Waals surface area contributed by atoms with Crippen molar-refractivity contribution in [2.45, 2.75) is 46.5 Å². The van der Waals surface area contributed by atoms with Crippen LogP contribution < -0.4 is 5.30 Å². The monoisotopic (exact) mass is 420 g/mol. The summed E-state index contributed by atoms with van der Waals surface area (Å²) in [6.45, 7) is 13.3. The molecule has 24 heavy (non-hydrogen) atoms. The maximum Gasteiger partial charge on any atom is 0.185 e. The Bertz CT molecular complexity index is 712. The molecule has 2 rings (SSSR count). The Morgan fingerprint density at radius 1 is 1.00 bits per heavy atom. The first-order valence-electron chi connectivity index (χ1n) is 8.22. The van der Waals surface area contributed by atoms with E-state index in [9.17, 15) is 0 Å². The molecule has 0 aliphatic carbocycles. The van der Waals surface area contributed by atoms with Crippen molar-refractivity contribution in [3.05, 3.63) is 64.7 Å². The SMILES string of the molecule is Cc1cc(C)c(P=C(Br)C(O[Si](C)(C)C)c2ccccc2)c(C)c1. The second-order valence-corrected chi connectivity index (χ2v) is 14.3. The van der Waals surface area contributed by atoms with Crippen LogP contribution in [0.2, 0.25) is 19.6 Å². The molecule has 4 heteroatoms. The fraction of sp³-hybridized carbons (Fsp3) is 0.350. The molecule has 0 spiro atoms. The molecule has 0 radical (unpaired) electrons. The van der Waals surface area contributed by atoms with E-state index < -0.39 is 8.32 Å². The van der Waals surface area contributed by atoms with Crippen LogP contribution >= 0.6 is 24.1 Å². The third-order valence-corrected chi connectivity index (χ3v) is 6.91. The maximum atomic E-state index is 6.51. The van der Waals surface area contributed by atoms with Crippen LogP contribution in [0.3, 0.4) is 0 Å². The van der Waals surface area contributed by atoms with Gasteiger partial charge in [-0.25, -0.2) is 0 Å². The molecule has 0 saturated heterocycles. The van der Waals surface area contributed by atoms with Gasteiger partial charge in [-0.1, -0.05) is 56.2 Å². The molecule has 1 nitrogen and oxygen atoms in total. The molecule has 2 aromatic rings. The van der Waals surface area contributed by atoms with Crippen LogP contribution in [0.25, 0.3) is 0 Å². The largest absolute Gasteiger partial charge is 0.406 e. The van der Waals surface area contributed by atoms with Gasteiger partial charge in [0.25, 0.3) is 0 Å². The molecule has 0 aromatic heterocycles. The van der Waals surface area contributed by atoms with Gasteiger partial charge in [-0.15, -0.1) is 0 Å².